The number of rotatable bonds is 8. The van der Waals surface area contributed by atoms with E-state index in [0.29, 0.717) is 18.2 Å². The van der Waals surface area contributed by atoms with Crippen LogP contribution in [0, 0.1) is 0 Å². The number of aliphatic hydroxyl groups is 1. The lowest BCUT2D eigenvalue weighted by atomic mass is 10.0. The van der Waals surface area contributed by atoms with Gasteiger partial charge >= 0.3 is 0 Å². The van der Waals surface area contributed by atoms with Gasteiger partial charge in [-0.05, 0) is 43.0 Å². The van der Waals surface area contributed by atoms with E-state index in [2.05, 4.69) is 17.6 Å². The Balaban J connectivity index is 1.75. The van der Waals surface area contributed by atoms with Crippen molar-refractivity contribution in [3.63, 3.8) is 0 Å². The summed E-state index contributed by atoms with van der Waals surface area (Å²) in [4.78, 5) is 11.5. The Kier molecular flexibility index (Phi) is 6.97. The lowest BCUT2D eigenvalue weighted by molar-refractivity contribution is 0.0963. The molecule has 0 radical (unpaired) electrons. The molecule has 2 aromatic rings. The molecule has 0 aliphatic heterocycles. The van der Waals surface area contributed by atoms with Gasteiger partial charge in [0.2, 0.25) is 0 Å². The van der Waals surface area contributed by atoms with Crippen LogP contribution in [0.4, 0.5) is 0 Å². The van der Waals surface area contributed by atoms with Crippen LogP contribution in [0.5, 0.6) is 0 Å². The number of amides is 1. The van der Waals surface area contributed by atoms with E-state index in [-0.39, 0.29) is 5.91 Å². The van der Waals surface area contributed by atoms with Gasteiger partial charge in [-0.15, -0.1) is 0 Å². The predicted molar refractivity (Wildman–Crippen MR) is 97.0 cm³/mol. The second kappa shape index (κ2) is 9.21. The highest BCUT2D eigenvalue weighted by Gasteiger charge is 2.09. The van der Waals surface area contributed by atoms with Crippen molar-refractivity contribution in [2.75, 3.05) is 13.6 Å². The first kappa shape index (κ1) is 18.2. The summed E-state index contributed by atoms with van der Waals surface area (Å²) in [5.41, 5.74) is 2.82. The molecule has 0 unspecified atom stereocenters. The maximum absolute atomic E-state index is 11.5. The fourth-order valence-corrected chi connectivity index (χ4v) is 2.56. The smallest absolute Gasteiger partial charge is 0.251 e. The molecule has 3 N–H and O–H groups in total. The van der Waals surface area contributed by atoms with Gasteiger partial charge in [-0.3, -0.25) is 4.79 Å². The van der Waals surface area contributed by atoms with Crippen LogP contribution in [0.3, 0.4) is 0 Å². The molecule has 2 aromatic carbocycles. The molecular formula is C20H26N2O2. The van der Waals surface area contributed by atoms with Crippen LogP contribution in [-0.2, 0) is 6.42 Å². The zero-order valence-electron chi connectivity index (χ0n) is 14.3. The van der Waals surface area contributed by atoms with Crippen molar-refractivity contribution < 1.29 is 9.90 Å². The number of hydrogen-bond acceptors (Lipinski definition) is 3. The Bertz CT molecular complexity index is 626. The maximum Gasteiger partial charge on any atom is 0.251 e. The van der Waals surface area contributed by atoms with Crippen LogP contribution < -0.4 is 10.6 Å². The van der Waals surface area contributed by atoms with Gasteiger partial charge in [0.1, 0.15) is 0 Å². The minimum atomic E-state index is -0.486. The van der Waals surface area contributed by atoms with E-state index >= 15 is 0 Å². The van der Waals surface area contributed by atoms with E-state index in [9.17, 15) is 9.90 Å². The Labute approximate surface area is 143 Å². The lowest BCUT2D eigenvalue weighted by Gasteiger charge is -2.17. The van der Waals surface area contributed by atoms with Gasteiger partial charge < -0.3 is 15.7 Å². The molecule has 2 rings (SSSR count). The minimum absolute atomic E-state index is 0.0634. The van der Waals surface area contributed by atoms with Crippen LogP contribution >= 0.6 is 0 Å². The molecule has 0 fully saturated rings. The summed E-state index contributed by atoms with van der Waals surface area (Å²) in [6, 6.07) is 17.7. The molecule has 0 saturated heterocycles. The summed E-state index contributed by atoms with van der Waals surface area (Å²) >= 11 is 0. The zero-order chi connectivity index (χ0) is 17.4. The molecular weight excluding hydrogens is 300 g/mol. The molecule has 0 bridgehead atoms. The van der Waals surface area contributed by atoms with Crippen molar-refractivity contribution in [3.8, 4) is 0 Å². The van der Waals surface area contributed by atoms with Gasteiger partial charge in [-0.25, -0.2) is 0 Å². The normalized spacial score (nSPS) is 13.3. The molecule has 0 aromatic heterocycles. The number of aliphatic hydroxyl groups excluding tert-OH is 1. The summed E-state index contributed by atoms with van der Waals surface area (Å²) in [5, 5.41) is 16.2. The molecule has 128 valence electrons. The van der Waals surface area contributed by atoms with Gasteiger partial charge in [0.25, 0.3) is 5.91 Å². The van der Waals surface area contributed by atoms with Crippen LogP contribution in [0.2, 0.25) is 0 Å². The number of hydrogen-bond donors (Lipinski definition) is 3. The Morgan fingerprint density at radius 3 is 2.38 bits per heavy atom. The van der Waals surface area contributed by atoms with Gasteiger partial charge in [-0.1, -0.05) is 42.5 Å². The second-order valence-electron chi connectivity index (χ2n) is 6.05. The molecule has 0 spiro atoms. The number of benzene rings is 2. The average Bonchev–Trinajstić information content (AvgIpc) is 2.64. The van der Waals surface area contributed by atoms with Crippen LogP contribution in [0.25, 0.3) is 0 Å². The zero-order valence-corrected chi connectivity index (χ0v) is 14.3. The summed E-state index contributed by atoms with van der Waals surface area (Å²) < 4.78 is 0. The quantitative estimate of drug-likeness (QED) is 0.699. The van der Waals surface area contributed by atoms with Crippen LogP contribution in [0.1, 0.15) is 40.9 Å². The number of nitrogens with one attached hydrogen (secondary N) is 2. The highest BCUT2D eigenvalue weighted by Crippen LogP contribution is 2.12. The van der Waals surface area contributed by atoms with E-state index in [1.807, 2.05) is 54.6 Å². The first-order chi connectivity index (χ1) is 11.6. The van der Waals surface area contributed by atoms with E-state index in [0.717, 1.165) is 18.4 Å². The Hall–Kier alpha value is -2.17. The minimum Gasteiger partial charge on any atom is -0.387 e. The third-order valence-electron chi connectivity index (χ3n) is 4.15. The van der Waals surface area contributed by atoms with Crippen molar-refractivity contribution in [2.45, 2.75) is 31.9 Å². The van der Waals surface area contributed by atoms with E-state index in [1.165, 1.54) is 5.56 Å². The fourth-order valence-electron chi connectivity index (χ4n) is 2.56. The molecule has 0 saturated carbocycles. The molecule has 2 atom stereocenters. The molecule has 0 aliphatic carbocycles. The standard InChI is InChI=1S/C20H26N2O2/c1-15(22-14-19(23)17-6-4-3-5-7-17)8-9-16-10-12-18(13-11-16)20(24)21-2/h3-7,10-13,15,19,22-23H,8-9,14H2,1-2H3,(H,21,24)/t15-,19+/m1/s1. The average molecular weight is 326 g/mol. The maximum atomic E-state index is 11.5. The van der Waals surface area contributed by atoms with E-state index in [1.54, 1.807) is 7.05 Å². The molecule has 1 amide bonds. The first-order valence-electron chi connectivity index (χ1n) is 8.37. The SMILES string of the molecule is CNC(=O)c1ccc(CC[C@@H](C)NC[C@H](O)c2ccccc2)cc1. The molecule has 4 nitrogen and oxygen atoms in total. The van der Waals surface area contributed by atoms with Crippen molar-refractivity contribution in [2.24, 2.45) is 0 Å². The van der Waals surface area contributed by atoms with Crippen molar-refractivity contribution >= 4 is 5.91 Å². The lowest BCUT2D eigenvalue weighted by Crippen LogP contribution is -2.30. The van der Waals surface area contributed by atoms with Gasteiger partial charge in [0.05, 0.1) is 6.10 Å². The summed E-state index contributed by atoms with van der Waals surface area (Å²) in [6.45, 7) is 2.66. The summed E-state index contributed by atoms with van der Waals surface area (Å²) in [6.07, 6.45) is 1.42. The molecule has 4 heteroatoms. The fraction of sp³-hybridized carbons (Fsp3) is 0.350. The number of carbonyl (C=O) groups is 1. The molecule has 0 aliphatic rings. The Morgan fingerprint density at radius 2 is 1.75 bits per heavy atom. The topological polar surface area (TPSA) is 61.4 Å². The van der Waals surface area contributed by atoms with Gasteiger partial charge in [-0.2, -0.15) is 0 Å². The third kappa shape index (κ3) is 5.48. The number of carbonyl (C=O) groups excluding carboxylic acids is 1. The molecule has 0 heterocycles. The number of aryl methyl sites for hydroxylation is 1. The molecule has 24 heavy (non-hydrogen) atoms. The highest BCUT2D eigenvalue weighted by molar-refractivity contribution is 5.93. The monoisotopic (exact) mass is 326 g/mol. The van der Waals surface area contributed by atoms with Crippen molar-refractivity contribution in [1.29, 1.82) is 0 Å². The summed E-state index contributed by atoms with van der Waals surface area (Å²) in [7, 11) is 1.63. The van der Waals surface area contributed by atoms with Crippen LogP contribution in [0.15, 0.2) is 54.6 Å². The van der Waals surface area contributed by atoms with E-state index in [4.69, 9.17) is 0 Å². The third-order valence-corrected chi connectivity index (χ3v) is 4.15. The van der Waals surface area contributed by atoms with Crippen LogP contribution in [-0.4, -0.2) is 30.6 Å². The first-order valence-corrected chi connectivity index (χ1v) is 8.37. The van der Waals surface area contributed by atoms with Crippen molar-refractivity contribution in [3.05, 3.63) is 71.3 Å². The van der Waals surface area contributed by atoms with Crippen molar-refractivity contribution in [1.82, 2.24) is 10.6 Å². The van der Waals surface area contributed by atoms with Gasteiger partial charge in [0.15, 0.2) is 0 Å². The second-order valence-corrected chi connectivity index (χ2v) is 6.05. The largest absolute Gasteiger partial charge is 0.387 e. The Morgan fingerprint density at radius 1 is 1.08 bits per heavy atom. The van der Waals surface area contributed by atoms with Gasteiger partial charge in [0, 0.05) is 25.2 Å². The van der Waals surface area contributed by atoms with E-state index < -0.39 is 6.10 Å². The summed E-state index contributed by atoms with van der Waals surface area (Å²) in [5.74, 6) is -0.0634. The predicted octanol–water partition coefficient (Wildman–Crippen LogP) is 2.69. The highest BCUT2D eigenvalue weighted by atomic mass is 16.3.